The smallest absolute Gasteiger partial charge is 0.128 e. The minimum atomic E-state index is 0.00602. The molecule has 0 aromatic carbocycles. The summed E-state index contributed by atoms with van der Waals surface area (Å²) in [5.41, 5.74) is 14.4. The minimum Gasteiger partial charge on any atom is -0.383 e. The zero-order chi connectivity index (χ0) is 11.5. The number of aryl methyl sites for hydroxylation is 1. The number of aromatic nitrogens is 1. The summed E-state index contributed by atoms with van der Waals surface area (Å²) in [5.74, 6) is 4.11. The van der Waals surface area contributed by atoms with E-state index in [0.29, 0.717) is 11.1 Å². The highest BCUT2D eigenvalue weighted by Gasteiger charge is 2.25. The summed E-state index contributed by atoms with van der Waals surface area (Å²) in [6.45, 7) is 2.05. The molecule has 1 aliphatic heterocycles. The van der Waals surface area contributed by atoms with Crippen molar-refractivity contribution in [2.45, 2.75) is 18.2 Å². The largest absolute Gasteiger partial charge is 0.383 e. The van der Waals surface area contributed by atoms with Crippen molar-refractivity contribution in [1.82, 2.24) is 4.98 Å². The summed E-state index contributed by atoms with van der Waals surface area (Å²) in [4.78, 5) is 4.14. The van der Waals surface area contributed by atoms with E-state index in [1.807, 2.05) is 36.5 Å². The Balaban J connectivity index is 2.22. The van der Waals surface area contributed by atoms with Gasteiger partial charge in [0.15, 0.2) is 0 Å². The van der Waals surface area contributed by atoms with E-state index in [2.05, 4.69) is 4.98 Å². The van der Waals surface area contributed by atoms with Crippen LogP contribution in [0.25, 0.3) is 0 Å². The van der Waals surface area contributed by atoms with Crippen LogP contribution in [0, 0.1) is 6.92 Å². The van der Waals surface area contributed by atoms with Crippen LogP contribution in [0.15, 0.2) is 12.3 Å². The third kappa shape index (κ3) is 2.47. The second-order valence-electron chi connectivity index (χ2n) is 3.94. The van der Waals surface area contributed by atoms with Crippen molar-refractivity contribution in [2.24, 2.45) is 5.73 Å². The SMILES string of the molecule is Cc1ccnc(N)c1C(N)C1CSCCS1. The van der Waals surface area contributed by atoms with E-state index in [1.54, 1.807) is 6.20 Å². The van der Waals surface area contributed by atoms with Crippen LogP contribution in [0.2, 0.25) is 0 Å². The molecule has 3 nitrogen and oxygen atoms in total. The normalized spacial score (nSPS) is 23.0. The second-order valence-corrected chi connectivity index (χ2v) is 6.43. The number of pyridine rings is 1. The molecule has 0 aliphatic carbocycles. The van der Waals surface area contributed by atoms with Crippen LogP contribution in [0.1, 0.15) is 17.2 Å². The van der Waals surface area contributed by atoms with E-state index >= 15 is 0 Å². The van der Waals surface area contributed by atoms with Crippen molar-refractivity contribution in [2.75, 3.05) is 23.0 Å². The average molecular weight is 255 g/mol. The van der Waals surface area contributed by atoms with Gasteiger partial charge in [0.05, 0.1) is 0 Å². The quantitative estimate of drug-likeness (QED) is 0.844. The maximum absolute atomic E-state index is 6.32. The van der Waals surface area contributed by atoms with E-state index in [9.17, 15) is 0 Å². The minimum absolute atomic E-state index is 0.00602. The summed E-state index contributed by atoms with van der Waals surface area (Å²) in [5, 5.41) is 0.462. The monoisotopic (exact) mass is 255 g/mol. The van der Waals surface area contributed by atoms with Gasteiger partial charge in [-0.15, -0.1) is 0 Å². The van der Waals surface area contributed by atoms with Gasteiger partial charge in [-0.3, -0.25) is 0 Å². The van der Waals surface area contributed by atoms with Gasteiger partial charge in [-0.1, -0.05) is 0 Å². The van der Waals surface area contributed by atoms with Crippen molar-refractivity contribution in [1.29, 1.82) is 0 Å². The molecular formula is C11H17N3S2. The highest BCUT2D eigenvalue weighted by Crippen LogP contribution is 2.34. The molecule has 1 saturated heterocycles. The molecule has 0 saturated carbocycles. The van der Waals surface area contributed by atoms with Crippen LogP contribution >= 0.6 is 23.5 Å². The Morgan fingerprint density at radius 1 is 1.50 bits per heavy atom. The highest BCUT2D eigenvalue weighted by molar-refractivity contribution is 8.06. The Morgan fingerprint density at radius 3 is 2.94 bits per heavy atom. The molecule has 0 amide bonds. The molecule has 88 valence electrons. The Hall–Kier alpha value is -0.390. The summed E-state index contributed by atoms with van der Waals surface area (Å²) < 4.78 is 0. The maximum Gasteiger partial charge on any atom is 0.128 e. The number of thioether (sulfide) groups is 2. The first-order valence-corrected chi connectivity index (χ1v) is 7.56. The fraction of sp³-hybridized carbons (Fsp3) is 0.545. The molecule has 2 rings (SSSR count). The zero-order valence-electron chi connectivity index (χ0n) is 9.35. The number of hydrogen-bond acceptors (Lipinski definition) is 5. The first-order valence-electron chi connectivity index (χ1n) is 5.36. The van der Waals surface area contributed by atoms with Crippen molar-refractivity contribution < 1.29 is 0 Å². The Kier molecular flexibility index (Phi) is 4.00. The molecule has 1 aromatic rings. The van der Waals surface area contributed by atoms with E-state index in [1.165, 1.54) is 11.5 Å². The van der Waals surface area contributed by atoms with Crippen LogP contribution < -0.4 is 11.5 Å². The lowest BCUT2D eigenvalue weighted by atomic mass is 10.0. The van der Waals surface area contributed by atoms with E-state index in [0.717, 1.165) is 16.9 Å². The lowest BCUT2D eigenvalue weighted by Gasteiger charge is -2.28. The number of rotatable bonds is 2. The van der Waals surface area contributed by atoms with Crippen LogP contribution in [0.5, 0.6) is 0 Å². The molecule has 5 heteroatoms. The lowest BCUT2D eigenvalue weighted by molar-refractivity contribution is 0.713. The summed E-state index contributed by atoms with van der Waals surface area (Å²) in [6.07, 6.45) is 1.74. The number of nitrogens with two attached hydrogens (primary N) is 2. The number of anilines is 1. The fourth-order valence-corrected chi connectivity index (χ4v) is 4.71. The van der Waals surface area contributed by atoms with Gasteiger partial charge in [0.25, 0.3) is 0 Å². The average Bonchev–Trinajstić information content (AvgIpc) is 2.30. The van der Waals surface area contributed by atoms with Gasteiger partial charge in [0.1, 0.15) is 5.82 Å². The van der Waals surface area contributed by atoms with Crippen LogP contribution in [0.3, 0.4) is 0 Å². The van der Waals surface area contributed by atoms with Crippen molar-refractivity contribution in [3.05, 3.63) is 23.4 Å². The van der Waals surface area contributed by atoms with Crippen molar-refractivity contribution in [3.8, 4) is 0 Å². The predicted octanol–water partition coefficient (Wildman–Crippen LogP) is 1.82. The predicted molar refractivity (Wildman–Crippen MR) is 73.9 cm³/mol. The van der Waals surface area contributed by atoms with E-state index in [-0.39, 0.29) is 6.04 Å². The number of hydrogen-bond donors (Lipinski definition) is 2. The molecule has 2 unspecified atom stereocenters. The van der Waals surface area contributed by atoms with E-state index < -0.39 is 0 Å². The molecule has 1 aromatic heterocycles. The molecule has 2 heterocycles. The molecule has 1 fully saturated rings. The molecule has 2 atom stereocenters. The van der Waals surface area contributed by atoms with Gasteiger partial charge >= 0.3 is 0 Å². The first-order chi connectivity index (χ1) is 7.70. The maximum atomic E-state index is 6.32. The van der Waals surface area contributed by atoms with Crippen molar-refractivity contribution in [3.63, 3.8) is 0 Å². The molecule has 4 N–H and O–H groups in total. The fourth-order valence-electron chi connectivity index (χ4n) is 1.92. The van der Waals surface area contributed by atoms with E-state index in [4.69, 9.17) is 11.5 Å². The zero-order valence-corrected chi connectivity index (χ0v) is 11.0. The van der Waals surface area contributed by atoms with Gasteiger partial charge in [0.2, 0.25) is 0 Å². The number of nitrogens with zero attached hydrogens (tertiary/aromatic N) is 1. The van der Waals surface area contributed by atoms with Gasteiger partial charge in [0, 0.05) is 40.3 Å². The number of nitrogen functional groups attached to an aromatic ring is 1. The highest BCUT2D eigenvalue weighted by atomic mass is 32.2. The topological polar surface area (TPSA) is 64.9 Å². The first kappa shape index (κ1) is 12.1. The molecule has 0 bridgehead atoms. The molecule has 0 radical (unpaired) electrons. The molecule has 0 spiro atoms. The van der Waals surface area contributed by atoms with Gasteiger partial charge in [-0.05, 0) is 18.6 Å². The van der Waals surface area contributed by atoms with Crippen LogP contribution in [0.4, 0.5) is 5.82 Å². The lowest BCUT2D eigenvalue weighted by Crippen LogP contribution is -2.30. The Morgan fingerprint density at radius 2 is 2.31 bits per heavy atom. The summed E-state index contributed by atoms with van der Waals surface area (Å²) in [7, 11) is 0. The third-order valence-corrected chi connectivity index (χ3v) is 5.70. The van der Waals surface area contributed by atoms with Gasteiger partial charge in [-0.2, -0.15) is 23.5 Å². The Bertz CT molecular complexity index is 344. The molecule has 1 aliphatic rings. The second kappa shape index (κ2) is 5.29. The van der Waals surface area contributed by atoms with Crippen LogP contribution in [-0.4, -0.2) is 27.5 Å². The van der Waals surface area contributed by atoms with Crippen LogP contribution in [-0.2, 0) is 0 Å². The van der Waals surface area contributed by atoms with Crippen molar-refractivity contribution >= 4 is 29.3 Å². The molecular weight excluding hydrogens is 238 g/mol. The Labute approximate surface area is 105 Å². The summed E-state index contributed by atoms with van der Waals surface area (Å²) in [6, 6.07) is 1.98. The summed E-state index contributed by atoms with van der Waals surface area (Å²) >= 11 is 3.93. The third-order valence-electron chi connectivity index (χ3n) is 2.81. The molecule has 16 heavy (non-hydrogen) atoms. The van der Waals surface area contributed by atoms with Gasteiger partial charge < -0.3 is 11.5 Å². The van der Waals surface area contributed by atoms with Gasteiger partial charge in [-0.25, -0.2) is 4.98 Å². The standard InChI is InChI=1S/C11H17N3S2/c1-7-2-3-14-11(13)9(7)10(12)8-6-15-4-5-16-8/h2-3,8,10H,4-6,12H2,1H3,(H2,13,14).